The number of anilines is 3. The minimum absolute atomic E-state index is 0.280. The SMILES string of the molecule is COc1ccc2c(Oc3ccc(NC(=O)C4(C(=O)Nc5ccccc5)CC4)cc3)ccnc2c1N1CC(CN2CCOCC2)C1. The van der Waals surface area contributed by atoms with Gasteiger partial charge in [0.2, 0.25) is 11.8 Å². The molecule has 7 rings (SSSR count). The summed E-state index contributed by atoms with van der Waals surface area (Å²) in [5.74, 6) is 2.11. The van der Waals surface area contributed by atoms with Crippen molar-refractivity contribution in [3.05, 3.63) is 79.0 Å². The summed E-state index contributed by atoms with van der Waals surface area (Å²) < 4.78 is 17.6. The van der Waals surface area contributed by atoms with Crippen LogP contribution in [0.2, 0.25) is 0 Å². The van der Waals surface area contributed by atoms with Gasteiger partial charge in [0.05, 0.1) is 20.3 Å². The highest BCUT2D eigenvalue weighted by Crippen LogP contribution is 2.48. The summed E-state index contributed by atoms with van der Waals surface area (Å²) in [7, 11) is 1.69. The third-order valence-electron chi connectivity index (χ3n) is 8.91. The number of morpholine rings is 1. The summed E-state index contributed by atoms with van der Waals surface area (Å²) in [4.78, 5) is 35.6. The number of nitrogens with one attached hydrogen (secondary N) is 2. The minimum Gasteiger partial charge on any atom is -0.494 e. The molecule has 2 amide bonds. The molecule has 0 radical (unpaired) electrons. The molecule has 1 aromatic heterocycles. The minimum atomic E-state index is -1.04. The van der Waals surface area contributed by atoms with Gasteiger partial charge in [0.15, 0.2) is 0 Å². The van der Waals surface area contributed by atoms with E-state index in [0.29, 0.717) is 41.6 Å². The molecule has 0 atom stereocenters. The lowest BCUT2D eigenvalue weighted by molar-refractivity contribution is -0.131. The van der Waals surface area contributed by atoms with Crippen molar-refractivity contribution in [2.24, 2.45) is 11.3 Å². The van der Waals surface area contributed by atoms with Gasteiger partial charge >= 0.3 is 0 Å². The number of rotatable bonds is 10. The lowest BCUT2D eigenvalue weighted by Crippen LogP contribution is -2.53. The van der Waals surface area contributed by atoms with Crippen molar-refractivity contribution in [1.82, 2.24) is 9.88 Å². The van der Waals surface area contributed by atoms with Crippen molar-refractivity contribution < 1.29 is 23.8 Å². The van der Waals surface area contributed by atoms with Gasteiger partial charge in [0.25, 0.3) is 0 Å². The zero-order valence-corrected chi connectivity index (χ0v) is 25.3. The van der Waals surface area contributed by atoms with Crippen LogP contribution in [0.3, 0.4) is 0 Å². The number of benzene rings is 3. The van der Waals surface area contributed by atoms with E-state index in [0.717, 1.165) is 68.3 Å². The number of carbonyl (C=O) groups is 2. The second-order valence-electron chi connectivity index (χ2n) is 12.0. The van der Waals surface area contributed by atoms with Crippen LogP contribution in [0.15, 0.2) is 79.0 Å². The maximum Gasteiger partial charge on any atom is 0.240 e. The number of hydrogen-bond donors (Lipinski definition) is 2. The standard InChI is InChI=1S/C35H37N5O5/c1-43-30-12-11-28-29(13-16-36-31(28)32(30)40-22-24(23-40)21-39-17-19-44-20-18-39)45-27-9-7-26(8-10-27)38-34(42)35(14-15-35)33(41)37-25-5-3-2-4-6-25/h2-13,16,24H,14-15,17-23H2,1H3,(H,37,41)(H,38,42). The van der Waals surface area contributed by atoms with Crippen LogP contribution in [0.4, 0.5) is 17.1 Å². The highest BCUT2D eigenvalue weighted by molar-refractivity contribution is 6.16. The highest BCUT2D eigenvalue weighted by Gasteiger charge is 2.56. The molecule has 0 spiro atoms. The lowest BCUT2D eigenvalue weighted by atomic mass is 9.97. The number of ether oxygens (including phenoxy) is 3. The van der Waals surface area contributed by atoms with Gasteiger partial charge in [-0.15, -0.1) is 0 Å². The van der Waals surface area contributed by atoms with Crippen LogP contribution >= 0.6 is 0 Å². The molecule has 4 aromatic rings. The van der Waals surface area contributed by atoms with Gasteiger partial charge in [0, 0.05) is 61.6 Å². The van der Waals surface area contributed by atoms with E-state index in [9.17, 15) is 9.59 Å². The molecule has 3 heterocycles. The Morgan fingerprint density at radius 2 is 1.58 bits per heavy atom. The van der Waals surface area contributed by atoms with Crippen LogP contribution in [0, 0.1) is 11.3 Å². The Morgan fingerprint density at radius 1 is 0.889 bits per heavy atom. The molecule has 10 nitrogen and oxygen atoms in total. The summed E-state index contributed by atoms with van der Waals surface area (Å²) in [5, 5.41) is 6.67. The van der Waals surface area contributed by atoms with E-state index in [2.05, 4.69) is 20.4 Å². The van der Waals surface area contributed by atoms with Crippen LogP contribution < -0.4 is 25.0 Å². The molecule has 1 aliphatic carbocycles. The number of para-hydroxylation sites is 1. The third kappa shape index (κ3) is 6.03. The monoisotopic (exact) mass is 607 g/mol. The molecule has 3 fully saturated rings. The van der Waals surface area contributed by atoms with Crippen molar-refractivity contribution >= 4 is 39.8 Å². The first-order valence-electron chi connectivity index (χ1n) is 15.5. The average molecular weight is 608 g/mol. The van der Waals surface area contributed by atoms with Crippen LogP contribution in [0.5, 0.6) is 17.2 Å². The summed E-state index contributed by atoms with van der Waals surface area (Å²) in [6, 6.07) is 22.2. The van der Waals surface area contributed by atoms with Crippen LogP contribution in [-0.4, -0.2) is 74.7 Å². The second-order valence-corrected chi connectivity index (χ2v) is 12.0. The van der Waals surface area contributed by atoms with Crippen molar-refractivity contribution in [2.75, 3.05) is 68.6 Å². The Morgan fingerprint density at radius 3 is 2.24 bits per heavy atom. The van der Waals surface area contributed by atoms with Gasteiger partial charge in [-0.2, -0.15) is 0 Å². The predicted molar refractivity (Wildman–Crippen MR) is 173 cm³/mol. The quantitative estimate of drug-likeness (QED) is 0.238. The van der Waals surface area contributed by atoms with Crippen LogP contribution in [0.25, 0.3) is 10.9 Å². The molecule has 3 aliphatic rings. The average Bonchev–Trinajstić information content (AvgIpc) is 3.87. The summed E-state index contributed by atoms with van der Waals surface area (Å²) in [6.07, 6.45) is 2.80. The van der Waals surface area contributed by atoms with E-state index in [4.69, 9.17) is 19.2 Å². The van der Waals surface area contributed by atoms with Gasteiger partial charge in [-0.25, -0.2) is 0 Å². The van der Waals surface area contributed by atoms with E-state index in [1.54, 1.807) is 25.4 Å². The normalized spacial score (nSPS) is 17.8. The molecule has 2 saturated heterocycles. The highest BCUT2D eigenvalue weighted by atomic mass is 16.5. The second kappa shape index (κ2) is 12.4. The molecule has 10 heteroatoms. The zero-order chi connectivity index (χ0) is 30.8. The Hall–Kier alpha value is -4.67. The van der Waals surface area contributed by atoms with Crippen molar-refractivity contribution in [2.45, 2.75) is 12.8 Å². The zero-order valence-electron chi connectivity index (χ0n) is 25.3. The van der Waals surface area contributed by atoms with Crippen molar-refractivity contribution in [3.63, 3.8) is 0 Å². The van der Waals surface area contributed by atoms with Crippen LogP contribution in [-0.2, 0) is 14.3 Å². The fourth-order valence-corrected chi connectivity index (χ4v) is 6.17. The van der Waals surface area contributed by atoms with E-state index in [1.165, 1.54) is 0 Å². The molecule has 45 heavy (non-hydrogen) atoms. The van der Waals surface area contributed by atoms with E-state index >= 15 is 0 Å². The van der Waals surface area contributed by atoms with Gasteiger partial charge in [0.1, 0.15) is 33.9 Å². The summed E-state index contributed by atoms with van der Waals surface area (Å²) >= 11 is 0. The Bertz CT molecular complexity index is 1680. The molecule has 2 aliphatic heterocycles. The van der Waals surface area contributed by atoms with E-state index in [1.807, 2.05) is 60.7 Å². The van der Waals surface area contributed by atoms with Gasteiger partial charge in [-0.3, -0.25) is 19.5 Å². The smallest absolute Gasteiger partial charge is 0.240 e. The summed E-state index contributed by atoms with van der Waals surface area (Å²) in [5.41, 5.74) is 2.06. The molecule has 2 N–H and O–H groups in total. The van der Waals surface area contributed by atoms with E-state index < -0.39 is 5.41 Å². The first kappa shape index (κ1) is 29.1. The van der Waals surface area contributed by atoms with Gasteiger partial charge in [-0.1, -0.05) is 18.2 Å². The first-order valence-corrected chi connectivity index (χ1v) is 15.5. The van der Waals surface area contributed by atoms with Gasteiger partial charge < -0.3 is 29.7 Å². The number of carbonyl (C=O) groups excluding carboxylic acids is 2. The van der Waals surface area contributed by atoms with Crippen molar-refractivity contribution in [1.29, 1.82) is 0 Å². The number of fused-ring (bicyclic) bond motifs is 1. The van der Waals surface area contributed by atoms with Crippen LogP contribution in [0.1, 0.15) is 12.8 Å². The number of nitrogens with zero attached hydrogens (tertiary/aromatic N) is 3. The topological polar surface area (TPSA) is 105 Å². The largest absolute Gasteiger partial charge is 0.494 e. The number of pyridine rings is 1. The molecule has 0 unspecified atom stereocenters. The Balaban J connectivity index is 1.02. The number of methoxy groups -OCH3 is 1. The Kier molecular flexibility index (Phi) is 7.99. The molecular weight excluding hydrogens is 570 g/mol. The molecule has 0 bridgehead atoms. The third-order valence-corrected chi connectivity index (χ3v) is 8.91. The molecule has 3 aromatic carbocycles. The lowest BCUT2D eigenvalue weighted by Gasteiger charge is -2.44. The summed E-state index contributed by atoms with van der Waals surface area (Å²) in [6.45, 7) is 6.59. The maximum absolute atomic E-state index is 13.1. The maximum atomic E-state index is 13.1. The fourth-order valence-electron chi connectivity index (χ4n) is 6.17. The Labute approximate surface area is 262 Å². The first-order chi connectivity index (χ1) is 22.0. The van der Waals surface area contributed by atoms with E-state index in [-0.39, 0.29) is 11.8 Å². The van der Waals surface area contributed by atoms with Crippen molar-refractivity contribution in [3.8, 4) is 17.2 Å². The predicted octanol–water partition coefficient (Wildman–Crippen LogP) is 5.16. The number of amides is 2. The number of aromatic nitrogens is 1. The fraction of sp³-hybridized carbons (Fsp3) is 0.343. The number of hydrogen-bond acceptors (Lipinski definition) is 8. The molecule has 1 saturated carbocycles. The molecular formula is C35H37N5O5. The molecule has 232 valence electrons. The van der Waals surface area contributed by atoms with Gasteiger partial charge in [-0.05, 0) is 67.4 Å².